The molecular weight excluding hydrogens is 330 g/mol. The molecule has 2 heterocycles. The third-order valence-corrected chi connectivity index (χ3v) is 3.50. The number of amides is 1. The molecule has 25 heavy (non-hydrogen) atoms. The van der Waals surface area contributed by atoms with Gasteiger partial charge in [-0.15, -0.1) is 0 Å². The zero-order valence-corrected chi connectivity index (χ0v) is 12.9. The average Bonchev–Trinajstić information content (AvgIpc) is 3.15. The Hall–Kier alpha value is -3.75. The largest absolute Gasteiger partial charge is 0.478 e. The van der Waals surface area contributed by atoms with Crippen molar-refractivity contribution >= 4 is 35.2 Å². The molecule has 0 fully saturated rings. The van der Waals surface area contributed by atoms with Crippen LogP contribution in [0.5, 0.6) is 0 Å². The first-order valence-corrected chi connectivity index (χ1v) is 7.06. The Kier molecular flexibility index (Phi) is 3.89. The lowest BCUT2D eigenvalue weighted by Crippen LogP contribution is -2.21. The second-order valence-electron chi connectivity index (χ2n) is 5.15. The Morgan fingerprint density at radius 1 is 1.28 bits per heavy atom. The molecule has 0 radical (unpaired) electrons. The number of benzene rings is 1. The predicted octanol–water partition coefficient (Wildman–Crippen LogP) is 2.69. The van der Waals surface area contributed by atoms with Gasteiger partial charge in [0.05, 0.1) is 28.6 Å². The Morgan fingerprint density at radius 2 is 1.96 bits per heavy atom. The maximum atomic E-state index is 12.5. The molecule has 1 aliphatic heterocycles. The lowest BCUT2D eigenvalue weighted by atomic mass is 10.1. The van der Waals surface area contributed by atoms with Gasteiger partial charge in [-0.2, -0.15) is 10.1 Å². The average molecular weight is 341 g/mol. The number of rotatable bonds is 4. The van der Waals surface area contributed by atoms with Crippen LogP contribution in [0.2, 0.25) is 0 Å². The molecule has 0 unspecified atom stereocenters. The lowest BCUT2D eigenvalue weighted by molar-refractivity contribution is -0.402. The number of nitrogens with zero attached hydrogens (tertiary/aromatic N) is 3. The standard InChI is InChI=1S/C16H11N3O6/c1-9-13(8-12-6-7-14(25-12)19(23)24)15(20)18(17-9)11-4-2-10(3-5-11)16(21)22/h2-8H,1H3,(H,21,22)/b13-8-. The van der Waals surface area contributed by atoms with Gasteiger partial charge in [-0.05, 0) is 43.3 Å². The van der Waals surface area contributed by atoms with E-state index in [9.17, 15) is 19.7 Å². The van der Waals surface area contributed by atoms with Gasteiger partial charge in [0.1, 0.15) is 10.7 Å². The molecule has 0 spiro atoms. The lowest BCUT2D eigenvalue weighted by Gasteiger charge is -2.11. The molecule has 0 saturated heterocycles. The highest BCUT2D eigenvalue weighted by molar-refractivity contribution is 6.32. The highest BCUT2D eigenvalue weighted by Gasteiger charge is 2.29. The number of carbonyl (C=O) groups excluding carboxylic acids is 1. The van der Waals surface area contributed by atoms with Gasteiger partial charge in [0.15, 0.2) is 0 Å². The summed E-state index contributed by atoms with van der Waals surface area (Å²) in [5.74, 6) is -1.78. The zero-order valence-electron chi connectivity index (χ0n) is 12.9. The van der Waals surface area contributed by atoms with Crippen molar-refractivity contribution in [2.75, 3.05) is 5.01 Å². The summed E-state index contributed by atoms with van der Waals surface area (Å²) in [5.41, 5.74) is 1.14. The SMILES string of the molecule is CC1=NN(c2ccc(C(=O)O)cc2)C(=O)/C1=C\c1ccc([N+](=O)[O-])o1. The summed E-state index contributed by atoms with van der Waals surface area (Å²) < 4.78 is 5.02. The van der Waals surface area contributed by atoms with E-state index in [1.54, 1.807) is 6.92 Å². The summed E-state index contributed by atoms with van der Waals surface area (Å²) in [4.78, 5) is 33.4. The smallest absolute Gasteiger partial charge is 0.433 e. The van der Waals surface area contributed by atoms with Crippen LogP contribution >= 0.6 is 0 Å². The molecule has 9 nitrogen and oxygen atoms in total. The number of hydrogen-bond acceptors (Lipinski definition) is 6. The van der Waals surface area contributed by atoms with Gasteiger partial charge in [0, 0.05) is 0 Å². The van der Waals surface area contributed by atoms with Gasteiger partial charge in [-0.3, -0.25) is 14.9 Å². The fourth-order valence-electron chi connectivity index (χ4n) is 2.26. The first-order valence-electron chi connectivity index (χ1n) is 7.06. The van der Waals surface area contributed by atoms with E-state index >= 15 is 0 Å². The van der Waals surface area contributed by atoms with Crippen molar-refractivity contribution in [2.24, 2.45) is 5.10 Å². The molecule has 0 saturated carbocycles. The van der Waals surface area contributed by atoms with E-state index in [-0.39, 0.29) is 16.9 Å². The number of aromatic carboxylic acids is 1. The summed E-state index contributed by atoms with van der Waals surface area (Å²) in [6.07, 6.45) is 1.37. The van der Waals surface area contributed by atoms with Crippen molar-refractivity contribution in [3.63, 3.8) is 0 Å². The number of hydrazone groups is 1. The highest BCUT2D eigenvalue weighted by Crippen LogP contribution is 2.26. The maximum Gasteiger partial charge on any atom is 0.433 e. The summed E-state index contributed by atoms with van der Waals surface area (Å²) >= 11 is 0. The molecule has 9 heteroatoms. The topological polar surface area (TPSA) is 126 Å². The van der Waals surface area contributed by atoms with E-state index in [4.69, 9.17) is 9.52 Å². The Labute approximate surface area is 140 Å². The van der Waals surface area contributed by atoms with Crippen LogP contribution in [-0.2, 0) is 4.79 Å². The Bertz CT molecular complexity index is 939. The first kappa shape index (κ1) is 16.1. The van der Waals surface area contributed by atoms with E-state index in [0.29, 0.717) is 11.4 Å². The minimum Gasteiger partial charge on any atom is -0.478 e. The van der Waals surface area contributed by atoms with Crippen molar-refractivity contribution in [1.82, 2.24) is 0 Å². The third-order valence-electron chi connectivity index (χ3n) is 3.50. The summed E-state index contributed by atoms with van der Waals surface area (Å²) in [6.45, 7) is 1.62. The zero-order chi connectivity index (χ0) is 18.1. The molecule has 0 aliphatic carbocycles. The Balaban J connectivity index is 1.88. The number of furan rings is 1. The van der Waals surface area contributed by atoms with Gasteiger partial charge in [-0.25, -0.2) is 4.79 Å². The maximum absolute atomic E-state index is 12.5. The van der Waals surface area contributed by atoms with E-state index < -0.39 is 22.7 Å². The molecule has 1 amide bonds. The van der Waals surface area contributed by atoms with Crippen LogP contribution in [0.1, 0.15) is 23.0 Å². The van der Waals surface area contributed by atoms with Gasteiger partial charge < -0.3 is 9.52 Å². The van der Waals surface area contributed by atoms with Crippen molar-refractivity contribution in [3.05, 3.63) is 63.4 Å². The highest BCUT2D eigenvalue weighted by atomic mass is 16.6. The molecular formula is C16H11N3O6. The number of hydrogen-bond donors (Lipinski definition) is 1. The fourth-order valence-corrected chi connectivity index (χ4v) is 2.26. The first-order chi connectivity index (χ1) is 11.9. The second-order valence-corrected chi connectivity index (χ2v) is 5.15. The van der Waals surface area contributed by atoms with Crippen LogP contribution in [0.25, 0.3) is 6.08 Å². The van der Waals surface area contributed by atoms with Gasteiger partial charge >= 0.3 is 11.9 Å². The Morgan fingerprint density at radius 3 is 2.52 bits per heavy atom. The number of nitro groups is 1. The normalized spacial score (nSPS) is 15.6. The quantitative estimate of drug-likeness (QED) is 0.517. The van der Waals surface area contributed by atoms with Crippen molar-refractivity contribution < 1.29 is 24.0 Å². The molecule has 1 aromatic carbocycles. The monoisotopic (exact) mass is 341 g/mol. The molecule has 126 valence electrons. The molecule has 0 bridgehead atoms. The molecule has 1 N–H and O–H groups in total. The van der Waals surface area contributed by atoms with Crippen molar-refractivity contribution in [1.29, 1.82) is 0 Å². The number of carbonyl (C=O) groups is 2. The fraction of sp³-hybridized carbons (Fsp3) is 0.0625. The minimum atomic E-state index is -1.07. The van der Waals surface area contributed by atoms with Crippen LogP contribution in [0.4, 0.5) is 11.6 Å². The van der Waals surface area contributed by atoms with Gasteiger partial charge in [0.2, 0.25) is 0 Å². The van der Waals surface area contributed by atoms with Gasteiger partial charge in [0.25, 0.3) is 5.91 Å². The van der Waals surface area contributed by atoms with Crippen LogP contribution in [0.15, 0.2) is 51.5 Å². The molecule has 0 atom stereocenters. The van der Waals surface area contributed by atoms with Crippen molar-refractivity contribution in [2.45, 2.75) is 6.92 Å². The predicted molar refractivity (Wildman–Crippen MR) is 87.3 cm³/mol. The van der Waals surface area contributed by atoms with Crippen molar-refractivity contribution in [3.8, 4) is 0 Å². The van der Waals surface area contributed by atoms with Gasteiger partial charge in [-0.1, -0.05) is 0 Å². The molecule has 1 aromatic heterocycles. The summed E-state index contributed by atoms with van der Waals surface area (Å²) in [6, 6.07) is 8.26. The van der Waals surface area contributed by atoms with E-state index in [2.05, 4.69) is 5.10 Å². The third kappa shape index (κ3) is 3.02. The van der Waals surface area contributed by atoms with Crippen LogP contribution < -0.4 is 5.01 Å². The van der Waals surface area contributed by atoms with E-state index in [0.717, 1.165) is 5.01 Å². The van der Waals surface area contributed by atoms with E-state index in [1.807, 2.05) is 0 Å². The van der Waals surface area contributed by atoms with Crippen LogP contribution in [0, 0.1) is 10.1 Å². The molecule has 3 rings (SSSR count). The minimum absolute atomic E-state index is 0.0924. The molecule has 1 aliphatic rings. The summed E-state index contributed by atoms with van der Waals surface area (Å²) in [7, 11) is 0. The number of carboxylic acid groups (broad SMARTS) is 1. The summed E-state index contributed by atoms with van der Waals surface area (Å²) in [5, 5.41) is 24.8. The van der Waals surface area contributed by atoms with E-state index in [1.165, 1.54) is 42.5 Å². The molecule has 2 aromatic rings. The van der Waals surface area contributed by atoms with Crippen LogP contribution in [-0.4, -0.2) is 27.6 Å². The second kappa shape index (κ2) is 6.04. The number of anilines is 1. The number of carboxylic acids is 1. The van der Waals surface area contributed by atoms with Crippen LogP contribution in [0.3, 0.4) is 0 Å².